The van der Waals surface area contributed by atoms with Crippen molar-refractivity contribution in [1.82, 2.24) is 10.6 Å². The maximum atomic E-state index is 12.1. The van der Waals surface area contributed by atoms with Gasteiger partial charge in [-0.25, -0.2) is 0 Å². The number of aryl methyl sites for hydroxylation is 2. The van der Waals surface area contributed by atoms with Gasteiger partial charge in [-0.05, 0) is 43.9 Å². The second-order valence-corrected chi connectivity index (χ2v) is 6.37. The van der Waals surface area contributed by atoms with Crippen molar-refractivity contribution in [2.45, 2.75) is 26.7 Å². The Morgan fingerprint density at radius 1 is 1.28 bits per heavy atom. The van der Waals surface area contributed by atoms with Gasteiger partial charge < -0.3 is 20.1 Å². The Morgan fingerprint density at radius 2 is 2.00 bits per heavy atom. The second kappa shape index (κ2) is 6.63. The number of benzene rings is 1. The molecule has 0 radical (unpaired) electrons. The number of nitrogens with zero attached hydrogens (tertiary/aromatic N) is 1. The van der Waals surface area contributed by atoms with Gasteiger partial charge in [0.25, 0.3) is 0 Å². The average Bonchev–Trinajstić information content (AvgIpc) is 3.40. The summed E-state index contributed by atoms with van der Waals surface area (Å²) in [7, 11) is 3.15. The van der Waals surface area contributed by atoms with Crippen LogP contribution in [0.2, 0.25) is 0 Å². The first kappa shape index (κ1) is 17.1. The maximum Gasteiger partial charge on any atom is 0.241 e. The summed E-state index contributed by atoms with van der Waals surface area (Å²) in [5.74, 6) is 1.70. The van der Waals surface area contributed by atoms with Crippen LogP contribution in [0.25, 0.3) is 0 Å². The number of hydrogen-bond acceptors (Lipinski definition) is 5. The molecule has 0 bridgehead atoms. The highest BCUT2D eigenvalue weighted by molar-refractivity contribution is 6.05. The van der Waals surface area contributed by atoms with Crippen molar-refractivity contribution in [1.29, 1.82) is 0 Å². The molecule has 1 fully saturated rings. The molecule has 1 saturated carbocycles. The van der Waals surface area contributed by atoms with E-state index >= 15 is 0 Å². The van der Waals surface area contributed by atoms with Crippen molar-refractivity contribution in [2.75, 3.05) is 14.2 Å². The van der Waals surface area contributed by atoms with Crippen LogP contribution in [0.3, 0.4) is 0 Å². The summed E-state index contributed by atoms with van der Waals surface area (Å²) < 4.78 is 10.9. The van der Waals surface area contributed by atoms with Crippen LogP contribution in [0.4, 0.5) is 0 Å². The molecule has 1 heterocycles. The molecule has 0 aromatic heterocycles. The van der Waals surface area contributed by atoms with Crippen molar-refractivity contribution in [3.63, 3.8) is 0 Å². The molecule has 0 unspecified atom stereocenters. The molecule has 3 rings (SSSR count). The third-order valence-electron chi connectivity index (χ3n) is 4.29. The van der Waals surface area contributed by atoms with Crippen molar-refractivity contribution in [3.05, 3.63) is 52.7 Å². The lowest BCUT2D eigenvalue weighted by atomic mass is 10.0. The first-order valence-electron chi connectivity index (χ1n) is 8.24. The average molecular weight is 341 g/mol. The Labute approximate surface area is 147 Å². The van der Waals surface area contributed by atoms with E-state index < -0.39 is 0 Å². The minimum atomic E-state index is -0.0183. The molecular formula is C19H23N3O3. The monoisotopic (exact) mass is 341 g/mol. The van der Waals surface area contributed by atoms with Gasteiger partial charge in [0.1, 0.15) is 17.3 Å². The summed E-state index contributed by atoms with van der Waals surface area (Å²) in [5, 5.41) is 6.04. The number of rotatable bonds is 5. The molecule has 1 amide bonds. The molecule has 0 spiro atoms. The largest absolute Gasteiger partial charge is 0.496 e. The Balaban J connectivity index is 2.02. The molecule has 1 aromatic carbocycles. The second-order valence-electron chi connectivity index (χ2n) is 6.37. The van der Waals surface area contributed by atoms with Gasteiger partial charge >= 0.3 is 0 Å². The van der Waals surface area contributed by atoms with Gasteiger partial charge in [-0.3, -0.25) is 4.79 Å². The zero-order valence-corrected chi connectivity index (χ0v) is 15.0. The van der Waals surface area contributed by atoms with Gasteiger partial charge in [0, 0.05) is 5.92 Å². The summed E-state index contributed by atoms with van der Waals surface area (Å²) in [4.78, 5) is 16.6. The molecule has 132 valence electrons. The fourth-order valence-electron chi connectivity index (χ4n) is 2.88. The topological polar surface area (TPSA) is 71.9 Å². The molecule has 1 aromatic rings. The molecule has 2 N–H and O–H groups in total. The van der Waals surface area contributed by atoms with E-state index in [-0.39, 0.29) is 11.8 Å². The number of ether oxygens (including phenoxy) is 2. The van der Waals surface area contributed by atoms with E-state index in [0.717, 1.165) is 35.3 Å². The number of carbonyl (C=O) groups is 1. The third-order valence-corrected chi connectivity index (χ3v) is 4.29. The van der Waals surface area contributed by atoms with E-state index in [2.05, 4.69) is 28.3 Å². The molecule has 1 aliphatic carbocycles. The van der Waals surface area contributed by atoms with Crippen molar-refractivity contribution in [2.24, 2.45) is 10.9 Å². The van der Waals surface area contributed by atoms with Gasteiger partial charge in [0.05, 0.1) is 25.5 Å². The summed E-state index contributed by atoms with van der Waals surface area (Å²) in [6.07, 6.45) is 1.85. The predicted octanol–water partition coefficient (Wildman–Crippen LogP) is 2.52. The highest BCUT2D eigenvalue weighted by atomic mass is 16.5. The first-order valence-corrected chi connectivity index (χ1v) is 8.24. The Morgan fingerprint density at radius 3 is 2.60 bits per heavy atom. The SMILES string of the molecule is C=C1NC(c2c(C)cc(C)cc2OC)=NC(OC)=C1NC(=O)C1CC1. The quantitative estimate of drug-likeness (QED) is 0.863. The Kier molecular flexibility index (Phi) is 4.53. The highest BCUT2D eigenvalue weighted by Gasteiger charge is 2.32. The van der Waals surface area contributed by atoms with Crippen LogP contribution in [0.15, 0.2) is 41.0 Å². The van der Waals surface area contributed by atoms with Crippen LogP contribution in [0.5, 0.6) is 5.75 Å². The zero-order valence-electron chi connectivity index (χ0n) is 15.0. The number of aliphatic imine (C=N–C) groups is 1. The van der Waals surface area contributed by atoms with Gasteiger partial charge in [-0.1, -0.05) is 12.6 Å². The fourth-order valence-corrected chi connectivity index (χ4v) is 2.88. The molecule has 25 heavy (non-hydrogen) atoms. The van der Waals surface area contributed by atoms with E-state index in [0.29, 0.717) is 23.1 Å². The van der Waals surface area contributed by atoms with Gasteiger partial charge in [-0.2, -0.15) is 4.99 Å². The molecule has 0 atom stereocenters. The van der Waals surface area contributed by atoms with E-state index in [1.807, 2.05) is 19.9 Å². The number of methoxy groups -OCH3 is 2. The van der Waals surface area contributed by atoms with Crippen LogP contribution < -0.4 is 15.4 Å². The normalized spacial score (nSPS) is 17.0. The van der Waals surface area contributed by atoms with Crippen LogP contribution >= 0.6 is 0 Å². The van der Waals surface area contributed by atoms with Gasteiger partial charge in [-0.15, -0.1) is 0 Å². The number of amidine groups is 1. The summed E-state index contributed by atoms with van der Waals surface area (Å²) in [6.45, 7) is 8.03. The van der Waals surface area contributed by atoms with Crippen LogP contribution in [0, 0.1) is 19.8 Å². The molecular weight excluding hydrogens is 318 g/mol. The van der Waals surface area contributed by atoms with Gasteiger partial charge in [0.15, 0.2) is 0 Å². The first-order chi connectivity index (χ1) is 11.9. The van der Waals surface area contributed by atoms with E-state index in [1.54, 1.807) is 7.11 Å². The van der Waals surface area contributed by atoms with Gasteiger partial charge in [0.2, 0.25) is 11.8 Å². The Hall–Kier alpha value is -2.76. The fraction of sp³-hybridized carbons (Fsp3) is 0.368. The lowest BCUT2D eigenvalue weighted by molar-refractivity contribution is -0.121. The number of amides is 1. The summed E-state index contributed by atoms with van der Waals surface area (Å²) >= 11 is 0. The van der Waals surface area contributed by atoms with Crippen LogP contribution in [-0.4, -0.2) is 26.0 Å². The van der Waals surface area contributed by atoms with Crippen molar-refractivity contribution < 1.29 is 14.3 Å². The minimum absolute atomic E-state index is 0.0183. The molecule has 6 nitrogen and oxygen atoms in total. The zero-order chi connectivity index (χ0) is 18.1. The summed E-state index contributed by atoms with van der Waals surface area (Å²) in [5.41, 5.74) is 3.99. The standard InChI is InChI=1S/C19H23N3O3/c1-10-8-11(2)15(14(9-10)24-4)17-20-12(3)16(19(22-17)25-5)21-18(23)13-6-7-13/h8-9,13H,3,6-7H2,1-2,4-5H3,(H,20,22)(H,21,23). The molecule has 2 aliphatic rings. The van der Waals surface area contributed by atoms with E-state index in [9.17, 15) is 4.79 Å². The van der Waals surface area contributed by atoms with Crippen molar-refractivity contribution >= 4 is 11.7 Å². The maximum absolute atomic E-state index is 12.1. The highest BCUT2D eigenvalue weighted by Crippen LogP contribution is 2.31. The smallest absolute Gasteiger partial charge is 0.241 e. The number of hydrogen-bond donors (Lipinski definition) is 2. The number of nitrogens with one attached hydrogen (secondary N) is 2. The third kappa shape index (κ3) is 3.38. The lowest BCUT2D eigenvalue weighted by Gasteiger charge is -2.24. The molecule has 1 aliphatic heterocycles. The minimum Gasteiger partial charge on any atom is -0.496 e. The van der Waals surface area contributed by atoms with Crippen molar-refractivity contribution in [3.8, 4) is 5.75 Å². The molecule has 0 saturated heterocycles. The molecule has 6 heteroatoms. The van der Waals surface area contributed by atoms with Crippen LogP contribution in [0.1, 0.15) is 29.5 Å². The predicted molar refractivity (Wildman–Crippen MR) is 96.2 cm³/mol. The van der Waals surface area contributed by atoms with Crippen LogP contribution in [-0.2, 0) is 9.53 Å². The van der Waals surface area contributed by atoms with E-state index in [1.165, 1.54) is 7.11 Å². The Bertz CT molecular complexity index is 804. The lowest BCUT2D eigenvalue weighted by Crippen LogP contribution is -2.36. The summed E-state index contributed by atoms with van der Waals surface area (Å²) in [6, 6.07) is 4.02. The van der Waals surface area contributed by atoms with E-state index in [4.69, 9.17) is 9.47 Å². The number of carbonyl (C=O) groups excluding carboxylic acids is 1.